The number of amides is 1. The van der Waals surface area contributed by atoms with E-state index in [1.165, 1.54) is 35.3 Å². The van der Waals surface area contributed by atoms with E-state index in [1.807, 2.05) is 12.1 Å². The Morgan fingerprint density at radius 2 is 2.04 bits per heavy atom. The average molecular weight is 374 g/mol. The molecule has 2 aromatic rings. The summed E-state index contributed by atoms with van der Waals surface area (Å²) >= 11 is 1.27. The number of aryl methyl sites for hydroxylation is 2. The highest BCUT2D eigenvalue weighted by atomic mass is 32.1. The molecule has 0 aliphatic heterocycles. The van der Waals surface area contributed by atoms with Crippen molar-refractivity contribution in [1.29, 1.82) is 0 Å². The summed E-state index contributed by atoms with van der Waals surface area (Å²) in [6.07, 6.45) is 4.73. The number of carbonyl (C=O) groups excluding carboxylic acids is 2. The Morgan fingerprint density at radius 1 is 1.23 bits per heavy atom. The monoisotopic (exact) mass is 374 g/mol. The molecule has 1 amide bonds. The highest BCUT2D eigenvalue weighted by Crippen LogP contribution is 2.25. The van der Waals surface area contributed by atoms with Crippen molar-refractivity contribution >= 4 is 28.3 Å². The van der Waals surface area contributed by atoms with E-state index in [0.29, 0.717) is 23.2 Å². The molecule has 7 heteroatoms. The third kappa shape index (κ3) is 5.05. The van der Waals surface area contributed by atoms with Crippen LogP contribution in [0.3, 0.4) is 0 Å². The van der Waals surface area contributed by atoms with Gasteiger partial charge >= 0.3 is 5.97 Å². The van der Waals surface area contributed by atoms with Crippen LogP contribution in [0.4, 0.5) is 5.13 Å². The number of nitrogens with zero attached hydrogens (tertiary/aromatic N) is 1. The zero-order chi connectivity index (χ0) is 18.4. The number of anilines is 1. The Hall–Kier alpha value is -2.41. The van der Waals surface area contributed by atoms with E-state index < -0.39 is 0 Å². The van der Waals surface area contributed by atoms with Crippen LogP contribution in [0.25, 0.3) is 0 Å². The minimum absolute atomic E-state index is 0.0778. The number of ether oxygens (including phenoxy) is 2. The molecule has 1 heterocycles. The van der Waals surface area contributed by atoms with E-state index in [2.05, 4.69) is 16.4 Å². The van der Waals surface area contributed by atoms with Crippen LogP contribution >= 0.6 is 11.3 Å². The van der Waals surface area contributed by atoms with Gasteiger partial charge < -0.3 is 9.47 Å². The van der Waals surface area contributed by atoms with Gasteiger partial charge in [-0.2, -0.15) is 0 Å². The van der Waals surface area contributed by atoms with Gasteiger partial charge in [0.1, 0.15) is 5.75 Å². The maximum absolute atomic E-state index is 12.0. The number of hydrogen-bond acceptors (Lipinski definition) is 6. The summed E-state index contributed by atoms with van der Waals surface area (Å²) in [4.78, 5) is 27.7. The van der Waals surface area contributed by atoms with Crippen molar-refractivity contribution in [2.75, 3.05) is 18.5 Å². The quantitative estimate of drug-likeness (QED) is 0.754. The van der Waals surface area contributed by atoms with Gasteiger partial charge in [-0.05, 0) is 55.9 Å². The standard InChI is InChI=1S/C19H22N2O4S/c1-2-24-18(23)10-15-12-26-19(20-15)21-17(22)11-25-16-8-7-13-5-3-4-6-14(13)9-16/h7-9,12H,2-6,10-11H2,1H3,(H,20,21,22). The fourth-order valence-electron chi connectivity index (χ4n) is 2.91. The number of hydrogen-bond donors (Lipinski definition) is 1. The van der Waals surface area contributed by atoms with Crippen molar-refractivity contribution in [2.45, 2.75) is 39.0 Å². The summed E-state index contributed by atoms with van der Waals surface area (Å²) in [7, 11) is 0. The van der Waals surface area contributed by atoms with Gasteiger partial charge in [0.25, 0.3) is 5.91 Å². The van der Waals surface area contributed by atoms with Gasteiger partial charge in [0.05, 0.1) is 18.7 Å². The Bertz CT molecular complexity index is 788. The largest absolute Gasteiger partial charge is 0.484 e. The fraction of sp³-hybridized carbons (Fsp3) is 0.421. The van der Waals surface area contributed by atoms with E-state index in [-0.39, 0.29) is 24.9 Å². The van der Waals surface area contributed by atoms with Crippen LogP contribution in [0.1, 0.15) is 36.6 Å². The summed E-state index contributed by atoms with van der Waals surface area (Å²) in [5.74, 6) is 0.106. The van der Waals surface area contributed by atoms with Gasteiger partial charge in [0.2, 0.25) is 0 Å². The van der Waals surface area contributed by atoms with E-state index in [4.69, 9.17) is 9.47 Å². The van der Waals surface area contributed by atoms with Gasteiger partial charge in [-0.25, -0.2) is 4.98 Å². The van der Waals surface area contributed by atoms with Crippen molar-refractivity contribution < 1.29 is 19.1 Å². The SMILES string of the molecule is CCOC(=O)Cc1csc(NC(=O)COc2ccc3c(c2)CCCC3)n1. The van der Waals surface area contributed by atoms with Crippen LogP contribution in [0.15, 0.2) is 23.6 Å². The molecule has 0 atom stereocenters. The minimum atomic E-state index is -0.327. The second-order valence-electron chi connectivity index (χ2n) is 6.10. The van der Waals surface area contributed by atoms with Crippen LogP contribution in [-0.4, -0.2) is 30.1 Å². The maximum Gasteiger partial charge on any atom is 0.311 e. The third-order valence-electron chi connectivity index (χ3n) is 4.12. The molecule has 1 aromatic carbocycles. The summed E-state index contributed by atoms with van der Waals surface area (Å²) < 4.78 is 10.5. The van der Waals surface area contributed by atoms with Gasteiger partial charge in [-0.15, -0.1) is 11.3 Å². The Balaban J connectivity index is 1.48. The lowest BCUT2D eigenvalue weighted by Crippen LogP contribution is -2.20. The van der Waals surface area contributed by atoms with E-state index in [9.17, 15) is 9.59 Å². The molecule has 1 aromatic heterocycles. The lowest BCUT2D eigenvalue weighted by Gasteiger charge is -2.16. The Kier molecular flexibility index (Phi) is 6.22. The number of carbonyl (C=O) groups is 2. The number of rotatable bonds is 7. The van der Waals surface area contributed by atoms with E-state index in [0.717, 1.165) is 12.8 Å². The second-order valence-corrected chi connectivity index (χ2v) is 6.96. The summed E-state index contributed by atoms with van der Waals surface area (Å²) in [6, 6.07) is 6.03. The highest BCUT2D eigenvalue weighted by molar-refractivity contribution is 7.13. The predicted octanol–water partition coefficient (Wildman–Crippen LogP) is 3.15. The number of esters is 1. The predicted molar refractivity (Wildman–Crippen MR) is 99.7 cm³/mol. The number of benzene rings is 1. The van der Waals surface area contributed by atoms with Crippen LogP contribution in [0, 0.1) is 0 Å². The van der Waals surface area contributed by atoms with E-state index >= 15 is 0 Å². The van der Waals surface area contributed by atoms with Gasteiger partial charge in [0.15, 0.2) is 11.7 Å². The topological polar surface area (TPSA) is 77.5 Å². The first-order chi connectivity index (χ1) is 12.6. The van der Waals surface area contributed by atoms with Crippen molar-refractivity contribution in [3.8, 4) is 5.75 Å². The smallest absolute Gasteiger partial charge is 0.311 e. The molecule has 0 fully saturated rings. The van der Waals surface area contributed by atoms with Gasteiger partial charge in [-0.3, -0.25) is 14.9 Å². The van der Waals surface area contributed by atoms with Crippen molar-refractivity contribution in [3.63, 3.8) is 0 Å². The molecular formula is C19H22N2O4S. The Labute approximate surface area is 156 Å². The summed E-state index contributed by atoms with van der Waals surface area (Å²) in [5, 5.41) is 4.87. The number of nitrogens with one attached hydrogen (secondary N) is 1. The maximum atomic E-state index is 12.0. The molecule has 0 saturated heterocycles. The van der Waals surface area contributed by atoms with Crippen LogP contribution in [0.5, 0.6) is 5.75 Å². The molecule has 6 nitrogen and oxygen atoms in total. The third-order valence-corrected chi connectivity index (χ3v) is 4.93. The summed E-state index contributed by atoms with van der Waals surface area (Å²) in [6.45, 7) is 2.02. The molecule has 0 spiro atoms. The molecule has 138 valence electrons. The van der Waals surface area contributed by atoms with Crippen molar-refractivity contribution in [1.82, 2.24) is 4.98 Å². The normalized spacial score (nSPS) is 13.0. The van der Waals surface area contributed by atoms with Gasteiger partial charge in [-0.1, -0.05) is 6.07 Å². The zero-order valence-corrected chi connectivity index (χ0v) is 15.6. The molecule has 1 aliphatic rings. The molecule has 0 radical (unpaired) electrons. The molecule has 1 N–H and O–H groups in total. The van der Waals surface area contributed by atoms with Crippen molar-refractivity contribution in [3.05, 3.63) is 40.4 Å². The highest BCUT2D eigenvalue weighted by Gasteiger charge is 2.12. The molecule has 26 heavy (non-hydrogen) atoms. The summed E-state index contributed by atoms with van der Waals surface area (Å²) in [5.41, 5.74) is 3.28. The van der Waals surface area contributed by atoms with Crippen LogP contribution in [-0.2, 0) is 33.6 Å². The van der Waals surface area contributed by atoms with E-state index in [1.54, 1.807) is 12.3 Å². The number of thiazole rings is 1. The average Bonchev–Trinajstić information content (AvgIpc) is 3.06. The molecule has 0 bridgehead atoms. The fourth-order valence-corrected chi connectivity index (χ4v) is 3.64. The zero-order valence-electron chi connectivity index (χ0n) is 14.7. The number of aromatic nitrogens is 1. The molecular weight excluding hydrogens is 352 g/mol. The first kappa shape index (κ1) is 18.4. The molecule has 0 saturated carbocycles. The molecule has 3 rings (SSSR count). The molecule has 0 unspecified atom stereocenters. The number of fused-ring (bicyclic) bond motifs is 1. The minimum Gasteiger partial charge on any atom is -0.484 e. The lowest BCUT2D eigenvalue weighted by molar-refractivity contribution is -0.142. The van der Waals surface area contributed by atoms with Crippen molar-refractivity contribution in [2.24, 2.45) is 0 Å². The lowest BCUT2D eigenvalue weighted by atomic mass is 9.92. The first-order valence-corrected chi connectivity index (χ1v) is 9.66. The second kappa shape index (κ2) is 8.80. The van der Waals surface area contributed by atoms with Crippen LogP contribution in [0.2, 0.25) is 0 Å². The van der Waals surface area contributed by atoms with Gasteiger partial charge in [0, 0.05) is 5.38 Å². The molecule has 1 aliphatic carbocycles. The van der Waals surface area contributed by atoms with Crippen LogP contribution < -0.4 is 10.1 Å². The Morgan fingerprint density at radius 3 is 2.85 bits per heavy atom. The first-order valence-electron chi connectivity index (χ1n) is 8.78.